The molecule has 0 bridgehead atoms. The van der Waals surface area contributed by atoms with Crippen LogP contribution in [0.1, 0.15) is 24.1 Å². The maximum absolute atomic E-state index is 13.2. The molecule has 0 aliphatic carbocycles. The fraction of sp³-hybridized carbons (Fsp3) is 0.200. The molecule has 0 radical (unpaired) electrons. The van der Waals surface area contributed by atoms with E-state index in [0.717, 1.165) is 5.56 Å². The Labute approximate surface area is 112 Å². The summed E-state index contributed by atoms with van der Waals surface area (Å²) in [7, 11) is 0. The van der Waals surface area contributed by atoms with Crippen LogP contribution in [0.5, 0.6) is 0 Å². The van der Waals surface area contributed by atoms with Crippen LogP contribution in [0.25, 0.3) is 0 Å². The third-order valence-corrected chi connectivity index (χ3v) is 3.01. The van der Waals surface area contributed by atoms with Gasteiger partial charge >= 0.3 is 0 Å². The van der Waals surface area contributed by atoms with Gasteiger partial charge in [0.25, 0.3) is 0 Å². The van der Waals surface area contributed by atoms with Crippen LogP contribution in [0.15, 0.2) is 42.5 Å². The smallest absolute Gasteiger partial charge is 0.126 e. The lowest BCUT2D eigenvalue weighted by molar-refractivity contribution is 0.628. The summed E-state index contributed by atoms with van der Waals surface area (Å²) in [5.74, 6) is -0.332. The molecule has 0 spiro atoms. The number of benzene rings is 2. The zero-order valence-corrected chi connectivity index (χ0v) is 11.1. The number of hydrogen-bond donors (Lipinski definition) is 1. The van der Waals surface area contributed by atoms with Gasteiger partial charge in [-0.1, -0.05) is 41.4 Å². The molecular weight excluding hydrogens is 249 g/mol. The molecule has 0 saturated heterocycles. The van der Waals surface area contributed by atoms with Gasteiger partial charge in [0.2, 0.25) is 0 Å². The van der Waals surface area contributed by atoms with Gasteiger partial charge in [-0.3, -0.25) is 0 Å². The lowest BCUT2D eigenvalue weighted by Crippen LogP contribution is -2.06. The van der Waals surface area contributed by atoms with Crippen LogP contribution in [0.2, 0.25) is 5.02 Å². The minimum atomic E-state index is -0.332. The van der Waals surface area contributed by atoms with Crippen LogP contribution >= 0.6 is 11.6 Å². The van der Waals surface area contributed by atoms with Crippen molar-refractivity contribution in [2.24, 2.45) is 0 Å². The second kappa shape index (κ2) is 5.40. The normalized spacial score (nSPS) is 12.2. The third-order valence-electron chi connectivity index (χ3n) is 2.79. The predicted molar refractivity (Wildman–Crippen MR) is 74.6 cm³/mol. The lowest BCUT2D eigenvalue weighted by Gasteiger charge is -2.16. The van der Waals surface area contributed by atoms with E-state index in [2.05, 4.69) is 24.4 Å². The molecule has 0 fully saturated rings. The Kier molecular flexibility index (Phi) is 3.87. The minimum absolute atomic E-state index is 0.0998. The van der Waals surface area contributed by atoms with Gasteiger partial charge < -0.3 is 5.32 Å². The number of hydrogen-bond acceptors (Lipinski definition) is 1. The molecule has 18 heavy (non-hydrogen) atoms. The first-order valence-corrected chi connectivity index (χ1v) is 6.21. The van der Waals surface area contributed by atoms with Crippen LogP contribution in [0, 0.1) is 12.7 Å². The average Bonchev–Trinajstić information content (AvgIpc) is 2.27. The molecule has 0 heterocycles. The Morgan fingerprint density at radius 1 is 1.17 bits per heavy atom. The molecule has 94 valence electrons. The van der Waals surface area contributed by atoms with E-state index < -0.39 is 0 Å². The van der Waals surface area contributed by atoms with Crippen molar-refractivity contribution in [3.63, 3.8) is 0 Å². The van der Waals surface area contributed by atoms with Crippen molar-refractivity contribution in [3.8, 4) is 0 Å². The highest BCUT2D eigenvalue weighted by Gasteiger charge is 2.06. The van der Waals surface area contributed by atoms with Crippen LogP contribution in [-0.4, -0.2) is 0 Å². The van der Waals surface area contributed by atoms with Crippen molar-refractivity contribution < 1.29 is 4.39 Å². The summed E-state index contributed by atoms with van der Waals surface area (Å²) in [4.78, 5) is 0. The molecule has 0 aliphatic rings. The van der Waals surface area contributed by atoms with Gasteiger partial charge in [-0.15, -0.1) is 0 Å². The van der Waals surface area contributed by atoms with Crippen molar-refractivity contribution >= 4 is 17.3 Å². The molecule has 1 unspecified atom stereocenters. The standard InChI is InChI=1S/C15H15ClFN/c1-10-4-3-5-12(6-10)11(2)18-15-8-13(16)7-14(17)9-15/h3-9,11,18H,1-2H3. The van der Waals surface area contributed by atoms with Crippen molar-refractivity contribution in [2.45, 2.75) is 19.9 Å². The summed E-state index contributed by atoms with van der Waals surface area (Å²) < 4.78 is 13.2. The largest absolute Gasteiger partial charge is 0.378 e. The van der Waals surface area contributed by atoms with Crippen molar-refractivity contribution in [2.75, 3.05) is 5.32 Å². The quantitative estimate of drug-likeness (QED) is 0.825. The molecule has 0 aliphatic heterocycles. The molecule has 2 aromatic carbocycles. The Balaban J connectivity index is 2.18. The second-order valence-electron chi connectivity index (χ2n) is 4.44. The van der Waals surface area contributed by atoms with E-state index in [-0.39, 0.29) is 11.9 Å². The highest BCUT2D eigenvalue weighted by Crippen LogP contribution is 2.23. The van der Waals surface area contributed by atoms with Crippen LogP contribution in [0.3, 0.4) is 0 Å². The minimum Gasteiger partial charge on any atom is -0.378 e. The fourth-order valence-corrected chi connectivity index (χ4v) is 2.13. The summed E-state index contributed by atoms with van der Waals surface area (Å²) in [6.45, 7) is 4.09. The first-order chi connectivity index (χ1) is 8.54. The molecule has 1 atom stereocenters. The van der Waals surface area contributed by atoms with Gasteiger partial charge in [-0.2, -0.15) is 0 Å². The van der Waals surface area contributed by atoms with E-state index in [9.17, 15) is 4.39 Å². The molecule has 1 nitrogen and oxygen atoms in total. The van der Waals surface area contributed by atoms with Crippen molar-refractivity contribution in [1.29, 1.82) is 0 Å². The van der Waals surface area contributed by atoms with Gasteiger partial charge in [0.05, 0.1) is 0 Å². The van der Waals surface area contributed by atoms with Gasteiger partial charge in [0, 0.05) is 16.8 Å². The van der Waals surface area contributed by atoms with Crippen molar-refractivity contribution in [1.82, 2.24) is 0 Å². The highest BCUT2D eigenvalue weighted by molar-refractivity contribution is 6.30. The number of aryl methyl sites for hydroxylation is 1. The second-order valence-corrected chi connectivity index (χ2v) is 4.87. The maximum Gasteiger partial charge on any atom is 0.126 e. The van der Waals surface area contributed by atoms with Crippen LogP contribution in [0.4, 0.5) is 10.1 Å². The first-order valence-electron chi connectivity index (χ1n) is 5.84. The zero-order chi connectivity index (χ0) is 13.1. The third kappa shape index (κ3) is 3.23. The molecule has 1 N–H and O–H groups in total. The number of rotatable bonds is 3. The summed E-state index contributed by atoms with van der Waals surface area (Å²) >= 11 is 5.82. The highest BCUT2D eigenvalue weighted by atomic mass is 35.5. The topological polar surface area (TPSA) is 12.0 Å². The first kappa shape index (κ1) is 12.9. The number of halogens is 2. The Bertz CT molecular complexity index is 534. The maximum atomic E-state index is 13.2. The summed E-state index contributed by atoms with van der Waals surface area (Å²) in [6, 6.07) is 12.8. The van der Waals surface area contributed by atoms with E-state index in [1.807, 2.05) is 19.1 Å². The molecule has 0 saturated carbocycles. The van der Waals surface area contributed by atoms with Gasteiger partial charge in [-0.25, -0.2) is 4.39 Å². The molecule has 0 amide bonds. The van der Waals surface area contributed by atoms with E-state index >= 15 is 0 Å². The Hall–Kier alpha value is -1.54. The summed E-state index contributed by atoms with van der Waals surface area (Å²) in [5.41, 5.74) is 3.06. The number of anilines is 1. The number of nitrogens with one attached hydrogen (secondary N) is 1. The van der Waals surface area contributed by atoms with Gasteiger partial charge in [0.15, 0.2) is 0 Å². The van der Waals surface area contributed by atoms with Crippen LogP contribution in [-0.2, 0) is 0 Å². The Morgan fingerprint density at radius 2 is 1.94 bits per heavy atom. The molecule has 2 rings (SSSR count). The molecule has 2 aromatic rings. The van der Waals surface area contributed by atoms with Crippen LogP contribution < -0.4 is 5.32 Å². The average molecular weight is 264 g/mol. The van der Waals surface area contributed by atoms with E-state index in [1.54, 1.807) is 6.07 Å². The fourth-order valence-electron chi connectivity index (χ4n) is 1.91. The Morgan fingerprint density at radius 3 is 2.61 bits per heavy atom. The van der Waals surface area contributed by atoms with Gasteiger partial charge in [-0.05, 0) is 37.6 Å². The molecule has 0 aromatic heterocycles. The SMILES string of the molecule is Cc1cccc(C(C)Nc2cc(F)cc(Cl)c2)c1. The predicted octanol–water partition coefficient (Wildman–Crippen LogP) is 4.96. The van der Waals surface area contributed by atoms with Crippen molar-refractivity contribution in [3.05, 3.63) is 64.4 Å². The summed E-state index contributed by atoms with van der Waals surface area (Å²) in [5, 5.41) is 3.64. The molecule has 3 heteroatoms. The zero-order valence-electron chi connectivity index (χ0n) is 10.4. The van der Waals surface area contributed by atoms with E-state index in [4.69, 9.17) is 11.6 Å². The monoisotopic (exact) mass is 263 g/mol. The van der Waals surface area contributed by atoms with E-state index in [1.165, 1.54) is 17.7 Å². The van der Waals surface area contributed by atoms with Gasteiger partial charge in [0.1, 0.15) is 5.82 Å². The molecular formula is C15H15ClFN. The summed E-state index contributed by atoms with van der Waals surface area (Å²) in [6.07, 6.45) is 0. The lowest BCUT2D eigenvalue weighted by atomic mass is 10.1. The van der Waals surface area contributed by atoms with E-state index in [0.29, 0.717) is 10.7 Å².